The van der Waals surface area contributed by atoms with E-state index in [0.717, 1.165) is 36.9 Å². The van der Waals surface area contributed by atoms with Gasteiger partial charge < -0.3 is 9.47 Å². The number of aryl methyl sites for hydroxylation is 1. The molecule has 0 aromatic carbocycles. The first-order valence-corrected chi connectivity index (χ1v) is 8.61. The summed E-state index contributed by atoms with van der Waals surface area (Å²) >= 11 is 0. The summed E-state index contributed by atoms with van der Waals surface area (Å²) in [5.74, 6) is 0.901. The average molecular weight is 344 g/mol. The van der Waals surface area contributed by atoms with E-state index in [4.69, 9.17) is 9.47 Å². The van der Waals surface area contributed by atoms with Crippen molar-refractivity contribution < 1.29 is 14.3 Å². The molecule has 2 heterocycles. The molecule has 2 aromatic heterocycles. The van der Waals surface area contributed by atoms with Crippen LogP contribution in [0.2, 0.25) is 0 Å². The molecule has 0 spiro atoms. The Bertz CT molecular complexity index is 735. The van der Waals surface area contributed by atoms with Gasteiger partial charge in [-0.25, -0.2) is 14.6 Å². The standard InChI is InChI=1S/C18H24N4O3/c1-18(2,3)25-16(23)11-22-17(13-7-4-5-8-14(13)21-22)24-12-15-19-9-6-10-20-15/h6,9-10H,4-5,7-8,11-12H2,1-3H3. The summed E-state index contributed by atoms with van der Waals surface area (Å²) in [6.07, 6.45) is 7.39. The monoisotopic (exact) mass is 344 g/mol. The van der Waals surface area contributed by atoms with Gasteiger partial charge in [-0.05, 0) is 52.5 Å². The Balaban J connectivity index is 1.79. The van der Waals surface area contributed by atoms with Gasteiger partial charge in [0.15, 0.2) is 5.82 Å². The Hall–Kier alpha value is -2.44. The van der Waals surface area contributed by atoms with Gasteiger partial charge in [-0.1, -0.05) is 0 Å². The van der Waals surface area contributed by atoms with Gasteiger partial charge in [0, 0.05) is 18.0 Å². The molecule has 0 amide bonds. The zero-order chi connectivity index (χ0) is 17.9. The molecule has 7 heteroatoms. The third kappa shape index (κ3) is 4.55. The molecule has 25 heavy (non-hydrogen) atoms. The lowest BCUT2D eigenvalue weighted by Gasteiger charge is -2.19. The lowest BCUT2D eigenvalue weighted by molar-refractivity contribution is -0.155. The van der Waals surface area contributed by atoms with Crippen molar-refractivity contribution in [2.45, 2.75) is 65.2 Å². The van der Waals surface area contributed by atoms with Crippen LogP contribution in [-0.2, 0) is 35.5 Å². The van der Waals surface area contributed by atoms with Crippen LogP contribution >= 0.6 is 0 Å². The molecule has 0 bridgehead atoms. The molecular weight excluding hydrogens is 320 g/mol. The van der Waals surface area contributed by atoms with Crippen LogP contribution in [0.4, 0.5) is 0 Å². The molecule has 7 nitrogen and oxygen atoms in total. The molecule has 0 saturated heterocycles. The maximum atomic E-state index is 12.2. The van der Waals surface area contributed by atoms with E-state index in [0.29, 0.717) is 11.7 Å². The number of carbonyl (C=O) groups is 1. The largest absolute Gasteiger partial charge is 0.469 e. The van der Waals surface area contributed by atoms with Crippen LogP contribution < -0.4 is 4.74 Å². The van der Waals surface area contributed by atoms with Crippen molar-refractivity contribution in [3.8, 4) is 5.88 Å². The first-order chi connectivity index (χ1) is 11.9. The van der Waals surface area contributed by atoms with E-state index in [9.17, 15) is 4.79 Å². The summed E-state index contributed by atoms with van der Waals surface area (Å²) in [6, 6.07) is 1.76. The number of hydrogen-bond donors (Lipinski definition) is 0. The minimum Gasteiger partial charge on any atom is -0.469 e. The summed E-state index contributed by atoms with van der Waals surface area (Å²) < 4.78 is 13.0. The van der Waals surface area contributed by atoms with Crippen LogP contribution in [0.1, 0.15) is 50.7 Å². The normalized spacial score (nSPS) is 14.0. The molecular formula is C18H24N4O3. The van der Waals surface area contributed by atoms with Crippen LogP contribution in [0.15, 0.2) is 18.5 Å². The molecule has 0 fully saturated rings. The van der Waals surface area contributed by atoms with Crippen LogP contribution in [0.25, 0.3) is 0 Å². The SMILES string of the molecule is CC(C)(C)OC(=O)Cn1nc2c(c1OCc1ncccn1)CCCC2. The third-order valence-electron chi connectivity index (χ3n) is 3.83. The van der Waals surface area contributed by atoms with E-state index in [2.05, 4.69) is 15.1 Å². The number of aromatic nitrogens is 4. The predicted octanol–water partition coefficient (Wildman–Crippen LogP) is 2.47. The number of fused-ring (bicyclic) bond motifs is 1. The number of rotatable bonds is 5. The molecule has 0 unspecified atom stereocenters. The van der Waals surface area contributed by atoms with Gasteiger partial charge in [0.2, 0.25) is 5.88 Å². The molecule has 3 rings (SSSR count). The fraction of sp³-hybridized carbons (Fsp3) is 0.556. The molecule has 0 atom stereocenters. The molecule has 1 aliphatic carbocycles. The highest BCUT2D eigenvalue weighted by Gasteiger charge is 2.25. The van der Waals surface area contributed by atoms with Crippen molar-refractivity contribution >= 4 is 5.97 Å². The summed E-state index contributed by atoms with van der Waals surface area (Å²) in [4.78, 5) is 20.5. The fourth-order valence-corrected chi connectivity index (χ4v) is 2.88. The summed E-state index contributed by atoms with van der Waals surface area (Å²) in [5, 5.41) is 4.58. The van der Waals surface area contributed by atoms with E-state index < -0.39 is 5.60 Å². The Morgan fingerprint density at radius 3 is 2.64 bits per heavy atom. The highest BCUT2D eigenvalue weighted by molar-refractivity contribution is 5.70. The van der Waals surface area contributed by atoms with Crippen LogP contribution in [0, 0.1) is 0 Å². The predicted molar refractivity (Wildman–Crippen MR) is 91.1 cm³/mol. The van der Waals surface area contributed by atoms with Crippen molar-refractivity contribution in [2.75, 3.05) is 0 Å². The zero-order valence-corrected chi connectivity index (χ0v) is 15.0. The number of carbonyl (C=O) groups excluding carboxylic acids is 1. The van der Waals surface area contributed by atoms with Crippen molar-refractivity contribution in [1.29, 1.82) is 0 Å². The molecule has 0 aliphatic heterocycles. The Kier molecular flexibility index (Phi) is 5.01. The summed E-state index contributed by atoms with van der Waals surface area (Å²) in [7, 11) is 0. The van der Waals surface area contributed by atoms with E-state index in [1.54, 1.807) is 23.1 Å². The number of ether oxygens (including phenoxy) is 2. The highest BCUT2D eigenvalue weighted by atomic mass is 16.6. The van der Waals surface area contributed by atoms with Crippen molar-refractivity contribution in [3.63, 3.8) is 0 Å². The zero-order valence-electron chi connectivity index (χ0n) is 15.0. The van der Waals surface area contributed by atoms with E-state index in [1.807, 2.05) is 20.8 Å². The smallest absolute Gasteiger partial charge is 0.328 e. The van der Waals surface area contributed by atoms with Crippen molar-refractivity contribution in [3.05, 3.63) is 35.5 Å². The molecule has 134 valence electrons. The van der Waals surface area contributed by atoms with Gasteiger partial charge >= 0.3 is 5.97 Å². The molecule has 1 aliphatic rings. The van der Waals surface area contributed by atoms with Gasteiger partial charge in [-0.15, -0.1) is 0 Å². The van der Waals surface area contributed by atoms with Gasteiger partial charge in [0.05, 0.1) is 5.69 Å². The number of hydrogen-bond acceptors (Lipinski definition) is 6. The van der Waals surface area contributed by atoms with E-state index in [-0.39, 0.29) is 19.1 Å². The minimum atomic E-state index is -0.525. The molecule has 0 radical (unpaired) electrons. The Morgan fingerprint density at radius 2 is 1.92 bits per heavy atom. The van der Waals surface area contributed by atoms with Gasteiger partial charge in [0.1, 0.15) is 18.8 Å². The lowest BCUT2D eigenvalue weighted by atomic mass is 9.98. The van der Waals surface area contributed by atoms with E-state index in [1.165, 1.54) is 0 Å². The Morgan fingerprint density at radius 1 is 1.20 bits per heavy atom. The minimum absolute atomic E-state index is 0.0370. The third-order valence-corrected chi connectivity index (χ3v) is 3.83. The maximum Gasteiger partial charge on any atom is 0.328 e. The molecule has 0 saturated carbocycles. The first-order valence-electron chi connectivity index (χ1n) is 8.61. The number of nitrogens with zero attached hydrogens (tertiary/aromatic N) is 4. The maximum absolute atomic E-state index is 12.2. The number of esters is 1. The quantitative estimate of drug-likeness (QED) is 0.775. The summed E-state index contributed by atoms with van der Waals surface area (Å²) in [6.45, 7) is 5.83. The first kappa shape index (κ1) is 17.4. The van der Waals surface area contributed by atoms with Crippen LogP contribution in [0.3, 0.4) is 0 Å². The lowest BCUT2D eigenvalue weighted by Crippen LogP contribution is -2.27. The molecule has 0 N–H and O–H groups in total. The van der Waals surface area contributed by atoms with Gasteiger partial charge in [-0.3, -0.25) is 4.79 Å². The second-order valence-electron chi connectivity index (χ2n) is 7.14. The van der Waals surface area contributed by atoms with Crippen molar-refractivity contribution in [1.82, 2.24) is 19.7 Å². The average Bonchev–Trinajstić information content (AvgIpc) is 2.89. The topological polar surface area (TPSA) is 79.1 Å². The second kappa shape index (κ2) is 7.21. The van der Waals surface area contributed by atoms with Crippen LogP contribution in [0.5, 0.6) is 5.88 Å². The van der Waals surface area contributed by atoms with Gasteiger partial charge in [0.25, 0.3) is 0 Å². The van der Waals surface area contributed by atoms with Crippen molar-refractivity contribution in [2.24, 2.45) is 0 Å². The van der Waals surface area contributed by atoms with Crippen LogP contribution in [-0.4, -0.2) is 31.3 Å². The molecule has 2 aromatic rings. The fourth-order valence-electron chi connectivity index (χ4n) is 2.88. The second-order valence-corrected chi connectivity index (χ2v) is 7.14. The summed E-state index contributed by atoms with van der Waals surface area (Å²) in [5.41, 5.74) is 1.58. The van der Waals surface area contributed by atoms with E-state index >= 15 is 0 Å². The van der Waals surface area contributed by atoms with Gasteiger partial charge in [-0.2, -0.15) is 5.10 Å². The highest BCUT2D eigenvalue weighted by Crippen LogP contribution is 2.30. The Labute approximate surface area is 147 Å².